The van der Waals surface area contributed by atoms with Gasteiger partial charge in [0.2, 0.25) is 5.91 Å². The Labute approximate surface area is 132 Å². The molecule has 0 radical (unpaired) electrons. The average Bonchev–Trinajstić information content (AvgIpc) is 2.87. The van der Waals surface area contributed by atoms with Crippen molar-refractivity contribution in [3.8, 4) is 5.75 Å². The lowest BCUT2D eigenvalue weighted by Crippen LogP contribution is -2.43. The molecule has 0 unspecified atom stereocenters. The maximum Gasteiger partial charge on any atom is 0.326 e. The van der Waals surface area contributed by atoms with E-state index in [1.165, 1.54) is 7.11 Å². The van der Waals surface area contributed by atoms with Gasteiger partial charge in [-0.25, -0.2) is 4.79 Å². The van der Waals surface area contributed by atoms with Crippen LogP contribution in [-0.4, -0.2) is 59.3 Å². The third-order valence-electron chi connectivity index (χ3n) is 3.48. The van der Waals surface area contributed by atoms with Crippen molar-refractivity contribution in [2.24, 2.45) is 0 Å². The molecule has 0 bridgehead atoms. The molecule has 8 heteroatoms. The number of carboxylic acid groups (broad SMARTS) is 1. The summed E-state index contributed by atoms with van der Waals surface area (Å²) in [5.74, 6) is -1.01. The minimum absolute atomic E-state index is 0.0180. The molecule has 3 N–H and O–H groups in total. The number of carbonyl (C=O) groups excluding carboxylic acids is 1. The van der Waals surface area contributed by atoms with Crippen LogP contribution in [0.25, 0.3) is 0 Å². The highest BCUT2D eigenvalue weighted by Gasteiger charge is 2.38. The number of nitrogens with zero attached hydrogens (tertiary/aromatic N) is 1. The molecule has 1 saturated heterocycles. The number of nitrogens with one attached hydrogen (secondary N) is 1. The van der Waals surface area contributed by atoms with Gasteiger partial charge in [0.15, 0.2) is 0 Å². The molecule has 1 amide bonds. The number of aliphatic carboxylic acids is 1. The standard InChI is InChI=1S/C14H17ClN2O5/c1-22-12-3-2-8(15)4-10(12)16-6-13(19)17-7-9(18)5-11(17)14(20)21/h2-4,9,11,16,18H,5-7H2,1H3,(H,20,21)/t9-,11-/m0/s1. The molecular weight excluding hydrogens is 312 g/mol. The molecule has 1 aliphatic heterocycles. The lowest BCUT2D eigenvalue weighted by atomic mass is 10.2. The van der Waals surface area contributed by atoms with E-state index < -0.39 is 24.0 Å². The Morgan fingerprint density at radius 3 is 2.86 bits per heavy atom. The number of anilines is 1. The van der Waals surface area contributed by atoms with Crippen LogP contribution in [0.3, 0.4) is 0 Å². The zero-order valence-corrected chi connectivity index (χ0v) is 12.7. The van der Waals surface area contributed by atoms with Crippen LogP contribution in [0.1, 0.15) is 6.42 Å². The Morgan fingerprint density at radius 2 is 2.23 bits per heavy atom. The summed E-state index contributed by atoms with van der Waals surface area (Å²) in [6, 6.07) is 3.94. The molecule has 120 valence electrons. The third kappa shape index (κ3) is 3.61. The zero-order chi connectivity index (χ0) is 16.3. The molecule has 2 rings (SSSR count). The maximum absolute atomic E-state index is 12.2. The third-order valence-corrected chi connectivity index (χ3v) is 3.71. The molecule has 1 aromatic rings. The number of carbonyl (C=O) groups is 2. The number of benzene rings is 1. The molecular formula is C14H17ClN2O5. The minimum Gasteiger partial charge on any atom is -0.495 e. The first kappa shape index (κ1) is 16.4. The van der Waals surface area contributed by atoms with Crippen molar-refractivity contribution < 1.29 is 24.5 Å². The zero-order valence-electron chi connectivity index (χ0n) is 12.0. The van der Waals surface area contributed by atoms with E-state index >= 15 is 0 Å². The molecule has 22 heavy (non-hydrogen) atoms. The number of halogens is 1. The van der Waals surface area contributed by atoms with Crippen molar-refractivity contribution in [3.63, 3.8) is 0 Å². The highest BCUT2D eigenvalue weighted by atomic mass is 35.5. The van der Waals surface area contributed by atoms with E-state index in [0.29, 0.717) is 16.5 Å². The second-order valence-electron chi connectivity index (χ2n) is 4.99. The van der Waals surface area contributed by atoms with Gasteiger partial charge in [-0.1, -0.05) is 11.6 Å². The van der Waals surface area contributed by atoms with Gasteiger partial charge >= 0.3 is 5.97 Å². The largest absolute Gasteiger partial charge is 0.495 e. The first-order chi connectivity index (χ1) is 10.4. The van der Waals surface area contributed by atoms with Gasteiger partial charge in [0, 0.05) is 18.0 Å². The van der Waals surface area contributed by atoms with E-state index in [2.05, 4.69) is 5.32 Å². The van der Waals surface area contributed by atoms with Gasteiger partial charge in [0.25, 0.3) is 0 Å². The van der Waals surface area contributed by atoms with Gasteiger partial charge in [-0.05, 0) is 18.2 Å². The number of aliphatic hydroxyl groups excluding tert-OH is 1. The first-order valence-electron chi connectivity index (χ1n) is 6.70. The fourth-order valence-electron chi connectivity index (χ4n) is 2.41. The number of β-amino-alcohol motifs (C(OH)–C–C–N with tert-alkyl or cyclic N) is 1. The van der Waals surface area contributed by atoms with Crippen molar-refractivity contribution in [2.45, 2.75) is 18.6 Å². The van der Waals surface area contributed by atoms with Gasteiger partial charge in [0.1, 0.15) is 11.8 Å². The van der Waals surface area contributed by atoms with Gasteiger partial charge < -0.3 is 25.2 Å². The summed E-state index contributed by atoms with van der Waals surface area (Å²) in [5.41, 5.74) is 0.537. The molecule has 0 aromatic heterocycles. The Balaban J connectivity index is 2.04. The second kappa shape index (κ2) is 6.85. The average molecular weight is 329 g/mol. The fourth-order valence-corrected chi connectivity index (χ4v) is 2.59. The molecule has 0 spiro atoms. The summed E-state index contributed by atoms with van der Waals surface area (Å²) in [7, 11) is 1.49. The highest BCUT2D eigenvalue weighted by Crippen LogP contribution is 2.27. The summed E-state index contributed by atoms with van der Waals surface area (Å²) in [5, 5.41) is 22.0. The molecule has 2 atom stereocenters. The lowest BCUT2D eigenvalue weighted by molar-refractivity contribution is -0.147. The highest BCUT2D eigenvalue weighted by molar-refractivity contribution is 6.30. The summed E-state index contributed by atoms with van der Waals surface area (Å²) in [6.07, 6.45) is -0.771. The number of amides is 1. The number of likely N-dealkylation sites (tertiary alicyclic amines) is 1. The SMILES string of the molecule is COc1ccc(Cl)cc1NCC(=O)N1C[C@@H](O)C[C@H]1C(=O)O. The van der Waals surface area contributed by atoms with E-state index in [4.69, 9.17) is 21.4 Å². The number of ether oxygens (including phenoxy) is 1. The van der Waals surface area contributed by atoms with Gasteiger partial charge in [-0.3, -0.25) is 4.79 Å². The minimum atomic E-state index is -1.12. The number of hydrogen-bond donors (Lipinski definition) is 3. The fraction of sp³-hybridized carbons (Fsp3) is 0.429. The van der Waals surface area contributed by atoms with Crippen LogP contribution < -0.4 is 10.1 Å². The van der Waals surface area contributed by atoms with Gasteiger partial charge in [-0.15, -0.1) is 0 Å². The van der Waals surface area contributed by atoms with Crippen molar-refractivity contribution >= 4 is 29.2 Å². The van der Waals surface area contributed by atoms with Crippen LogP contribution in [0, 0.1) is 0 Å². The van der Waals surface area contributed by atoms with Crippen molar-refractivity contribution in [2.75, 3.05) is 25.5 Å². The second-order valence-corrected chi connectivity index (χ2v) is 5.42. The number of carboxylic acids is 1. The monoisotopic (exact) mass is 328 g/mol. The van der Waals surface area contributed by atoms with E-state index in [9.17, 15) is 14.7 Å². The Bertz CT molecular complexity index is 580. The van der Waals surface area contributed by atoms with E-state index in [0.717, 1.165) is 4.90 Å². The first-order valence-corrected chi connectivity index (χ1v) is 7.08. The van der Waals surface area contributed by atoms with Crippen LogP contribution in [0.2, 0.25) is 5.02 Å². The molecule has 0 aliphatic carbocycles. The normalized spacial score (nSPS) is 20.8. The topological polar surface area (TPSA) is 99.1 Å². The van der Waals surface area contributed by atoms with Crippen molar-refractivity contribution in [3.05, 3.63) is 23.2 Å². The van der Waals surface area contributed by atoms with Gasteiger partial charge in [-0.2, -0.15) is 0 Å². The summed E-state index contributed by atoms with van der Waals surface area (Å²) in [4.78, 5) is 24.5. The van der Waals surface area contributed by atoms with E-state index in [-0.39, 0.29) is 19.5 Å². The molecule has 1 heterocycles. The number of methoxy groups -OCH3 is 1. The van der Waals surface area contributed by atoms with Crippen LogP contribution in [-0.2, 0) is 9.59 Å². The lowest BCUT2D eigenvalue weighted by Gasteiger charge is -2.22. The maximum atomic E-state index is 12.2. The Hall–Kier alpha value is -1.99. The predicted molar refractivity (Wildman–Crippen MR) is 80.3 cm³/mol. The summed E-state index contributed by atoms with van der Waals surface area (Å²) < 4.78 is 5.15. The van der Waals surface area contributed by atoms with Crippen LogP contribution in [0.4, 0.5) is 5.69 Å². The summed E-state index contributed by atoms with van der Waals surface area (Å²) >= 11 is 5.90. The molecule has 1 fully saturated rings. The quantitative estimate of drug-likeness (QED) is 0.739. The van der Waals surface area contributed by atoms with Crippen molar-refractivity contribution in [1.29, 1.82) is 0 Å². The summed E-state index contributed by atoms with van der Waals surface area (Å²) in [6.45, 7) is -0.0998. The van der Waals surface area contributed by atoms with Crippen molar-refractivity contribution in [1.82, 2.24) is 4.90 Å². The van der Waals surface area contributed by atoms with Crippen LogP contribution in [0.5, 0.6) is 5.75 Å². The van der Waals surface area contributed by atoms with E-state index in [1.54, 1.807) is 18.2 Å². The molecule has 1 aromatic carbocycles. The number of rotatable bonds is 5. The predicted octanol–water partition coefficient (Wildman–Crippen LogP) is 0.807. The smallest absolute Gasteiger partial charge is 0.326 e. The number of aliphatic hydroxyl groups is 1. The number of hydrogen-bond acceptors (Lipinski definition) is 5. The molecule has 0 saturated carbocycles. The molecule has 7 nitrogen and oxygen atoms in total. The Kier molecular flexibility index (Phi) is 5.10. The van der Waals surface area contributed by atoms with E-state index in [1.807, 2.05) is 0 Å². The van der Waals surface area contributed by atoms with Crippen LogP contribution >= 0.6 is 11.6 Å². The molecule has 1 aliphatic rings. The van der Waals surface area contributed by atoms with Gasteiger partial charge in [0.05, 0.1) is 25.4 Å². The Morgan fingerprint density at radius 1 is 1.50 bits per heavy atom. The van der Waals surface area contributed by atoms with Crippen LogP contribution in [0.15, 0.2) is 18.2 Å².